The summed E-state index contributed by atoms with van der Waals surface area (Å²) in [4.78, 5) is 7.83. The molecular formula is C15H15ClFN4O4P. The zero-order chi connectivity index (χ0) is 18.7. The molecule has 8 nitrogen and oxygen atoms in total. The van der Waals surface area contributed by atoms with E-state index in [9.17, 15) is 8.96 Å². The van der Waals surface area contributed by atoms with Crippen LogP contribution in [-0.2, 0) is 18.3 Å². The van der Waals surface area contributed by atoms with E-state index in [0.717, 1.165) is 0 Å². The molecule has 2 aromatic rings. The Kier molecular flexibility index (Phi) is 4.03. The SMILES string of the molecule is C#C[C@@]12COP(=O)(OC)C[C@H]1C[C@H](n1cc(F)c3c(N)nc(Cl)nc31)O2. The van der Waals surface area contributed by atoms with Crippen LogP contribution in [0.5, 0.6) is 0 Å². The highest BCUT2D eigenvalue weighted by Gasteiger charge is 2.55. The largest absolute Gasteiger partial charge is 0.383 e. The van der Waals surface area contributed by atoms with Crippen molar-refractivity contribution < 1.29 is 22.7 Å². The number of hydrogen-bond donors (Lipinski definition) is 1. The molecule has 2 saturated heterocycles. The van der Waals surface area contributed by atoms with E-state index < -0.39 is 25.2 Å². The molecule has 2 aliphatic heterocycles. The summed E-state index contributed by atoms with van der Waals surface area (Å²) in [5.74, 6) is 1.66. The zero-order valence-electron chi connectivity index (χ0n) is 13.7. The van der Waals surface area contributed by atoms with Crippen LogP contribution >= 0.6 is 19.2 Å². The highest BCUT2D eigenvalue weighted by Crippen LogP contribution is 2.59. The summed E-state index contributed by atoms with van der Waals surface area (Å²) < 4.78 is 44.7. The van der Waals surface area contributed by atoms with Crippen molar-refractivity contribution in [2.75, 3.05) is 25.6 Å². The lowest BCUT2D eigenvalue weighted by molar-refractivity contribution is -0.0748. The molecule has 2 fully saturated rings. The number of rotatable bonds is 2. The topological polar surface area (TPSA) is 101 Å². The van der Waals surface area contributed by atoms with Gasteiger partial charge in [0.1, 0.15) is 12.0 Å². The Morgan fingerprint density at radius 1 is 1.62 bits per heavy atom. The van der Waals surface area contributed by atoms with Crippen molar-refractivity contribution in [2.45, 2.75) is 18.2 Å². The Morgan fingerprint density at radius 3 is 3.08 bits per heavy atom. The number of nitrogen functional groups attached to an aromatic ring is 1. The maximum Gasteiger partial charge on any atom is 0.330 e. The van der Waals surface area contributed by atoms with E-state index in [2.05, 4.69) is 15.9 Å². The van der Waals surface area contributed by atoms with Gasteiger partial charge >= 0.3 is 7.60 Å². The van der Waals surface area contributed by atoms with E-state index >= 15 is 0 Å². The maximum atomic E-state index is 14.4. The molecular weight excluding hydrogens is 386 g/mol. The minimum atomic E-state index is -3.22. The first-order valence-corrected chi connectivity index (χ1v) is 9.85. The lowest BCUT2D eigenvalue weighted by Crippen LogP contribution is -2.44. The van der Waals surface area contributed by atoms with Crippen molar-refractivity contribution in [3.8, 4) is 12.3 Å². The summed E-state index contributed by atoms with van der Waals surface area (Å²) in [6.07, 6.45) is 6.74. The van der Waals surface area contributed by atoms with Crippen LogP contribution in [0.4, 0.5) is 10.2 Å². The van der Waals surface area contributed by atoms with Crippen molar-refractivity contribution in [3.63, 3.8) is 0 Å². The lowest BCUT2D eigenvalue weighted by atomic mass is 9.90. The molecule has 4 heterocycles. The number of nitrogens with two attached hydrogens (primary N) is 1. The first-order valence-electron chi connectivity index (χ1n) is 7.75. The molecule has 2 aliphatic rings. The Labute approximate surface area is 153 Å². The van der Waals surface area contributed by atoms with Crippen LogP contribution in [-0.4, -0.2) is 40.0 Å². The van der Waals surface area contributed by atoms with Crippen molar-refractivity contribution in [1.29, 1.82) is 0 Å². The Bertz CT molecular complexity index is 992. The summed E-state index contributed by atoms with van der Waals surface area (Å²) in [6.45, 7) is -0.0741. The highest BCUT2D eigenvalue weighted by atomic mass is 35.5. The van der Waals surface area contributed by atoms with Gasteiger partial charge in [0.15, 0.2) is 17.1 Å². The first kappa shape index (κ1) is 17.7. The van der Waals surface area contributed by atoms with Crippen LogP contribution < -0.4 is 5.73 Å². The smallest absolute Gasteiger partial charge is 0.330 e. The average Bonchev–Trinajstić information content (AvgIpc) is 3.13. The molecule has 26 heavy (non-hydrogen) atoms. The van der Waals surface area contributed by atoms with Crippen LogP contribution in [0.15, 0.2) is 6.20 Å². The van der Waals surface area contributed by atoms with E-state index in [1.54, 1.807) is 0 Å². The van der Waals surface area contributed by atoms with E-state index in [4.69, 9.17) is 37.5 Å². The molecule has 0 saturated carbocycles. The van der Waals surface area contributed by atoms with Crippen LogP contribution in [0.2, 0.25) is 5.28 Å². The Morgan fingerprint density at radius 2 is 2.38 bits per heavy atom. The van der Waals surface area contributed by atoms with Gasteiger partial charge in [0.25, 0.3) is 0 Å². The molecule has 0 bridgehead atoms. The third kappa shape index (κ3) is 2.53. The van der Waals surface area contributed by atoms with E-state index in [-0.39, 0.29) is 40.8 Å². The van der Waals surface area contributed by atoms with E-state index in [1.165, 1.54) is 17.9 Å². The van der Waals surface area contributed by atoms with Crippen LogP contribution in [0, 0.1) is 24.1 Å². The number of fused-ring (bicyclic) bond motifs is 2. The number of nitrogens with zero attached hydrogens (tertiary/aromatic N) is 3. The van der Waals surface area contributed by atoms with Gasteiger partial charge in [-0.05, 0) is 11.6 Å². The number of anilines is 1. The molecule has 2 aromatic heterocycles. The van der Waals surface area contributed by atoms with Crippen LogP contribution in [0.25, 0.3) is 11.0 Å². The highest BCUT2D eigenvalue weighted by molar-refractivity contribution is 7.53. The number of halogens is 2. The van der Waals surface area contributed by atoms with Crippen molar-refractivity contribution in [2.24, 2.45) is 5.92 Å². The molecule has 4 atom stereocenters. The summed E-state index contributed by atoms with van der Waals surface area (Å²) in [5, 5.41) is -0.0508. The fraction of sp³-hybridized carbons (Fsp3) is 0.467. The standard InChI is InChI=1S/C15H15ClFN4O4P/c1-3-15-7-24-26(22,23-2)6-8(15)4-10(25-15)21-5-9(17)11-12(18)19-14(16)20-13(11)21/h1,5,8,10H,4,6-7H2,2H3,(H2,18,19,20)/t8-,10-,15-,26?/m1/s1. The number of hydrogen-bond acceptors (Lipinski definition) is 7. The quantitative estimate of drug-likeness (QED) is 0.469. The second-order valence-electron chi connectivity index (χ2n) is 6.25. The Balaban J connectivity index is 1.76. The van der Waals surface area contributed by atoms with Gasteiger partial charge in [-0.3, -0.25) is 4.57 Å². The Hall–Kier alpha value is -1.69. The van der Waals surface area contributed by atoms with E-state index in [1.807, 2.05) is 0 Å². The summed E-state index contributed by atoms with van der Waals surface area (Å²) in [5.41, 5.74) is 4.88. The molecule has 4 rings (SSSR count). The predicted molar refractivity (Wildman–Crippen MR) is 92.1 cm³/mol. The van der Waals surface area contributed by atoms with Gasteiger partial charge in [0.2, 0.25) is 5.28 Å². The third-order valence-electron chi connectivity index (χ3n) is 4.87. The maximum absolute atomic E-state index is 14.4. The molecule has 0 aromatic carbocycles. The minimum Gasteiger partial charge on any atom is -0.383 e. The fourth-order valence-electron chi connectivity index (χ4n) is 3.52. The fourth-order valence-corrected chi connectivity index (χ4v) is 5.43. The monoisotopic (exact) mass is 400 g/mol. The van der Waals surface area contributed by atoms with Gasteiger partial charge in [-0.1, -0.05) is 5.92 Å². The van der Waals surface area contributed by atoms with E-state index in [0.29, 0.717) is 6.42 Å². The summed E-state index contributed by atoms with van der Waals surface area (Å²) >= 11 is 5.86. The molecule has 0 aliphatic carbocycles. The van der Waals surface area contributed by atoms with Crippen molar-refractivity contribution in [3.05, 3.63) is 17.3 Å². The number of terminal acetylenes is 1. The van der Waals surface area contributed by atoms with Gasteiger partial charge < -0.3 is 24.1 Å². The van der Waals surface area contributed by atoms with Gasteiger partial charge in [0, 0.05) is 25.6 Å². The normalized spacial score (nSPS) is 33.9. The van der Waals surface area contributed by atoms with Crippen LogP contribution in [0.1, 0.15) is 12.6 Å². The number of ether oxygens (including phenoxy) is 1. The average molecular weight is 401 g/mol. The summed E-state index contributed by atoms with van der Waals surface area (Å²) in [7, 11) is -1.90. The molecule has 2 N–H and O–H groups in total. The van der Waals surface area contributed by atoms with Crippen LogP contribution in [0.3, 0.4) is 0 Å². The molecule has 0 amide bonds. The molecule has 0 radical (unpaired) electrons. The van der Waals surface area contributed by atoms with Gasteiger partial charge in [0.05, 0.1) is 18.2 Å². The molecule has 1 unspecified atom stereocenters. The zero-order valence-corrected chi connectivity index (χ0v) is 15.3. The van der Waals surface area contributed by atoms with Crippen molar-refractivity contribution in [1.82, 2.24) is 14.5 Å². The minimum absolute atomic E-state index is 0.0569. The number of aromatic nitrogens is 3. The predicted octanol–water partition coefficient (Wildman–Crippen LogP) is 2.58. The lowest BCUT2D eigenvalue weighted by Gasteiger charge is -2.36. The second kappa shape index (κ2) is 5.91. The van der Waals surface area contributed by atoms with Crippen molar-refractivity contribution >= 4 is 36.0 Å². The summed E-state index contributed by atoms with van der Waals surface area (Å²) in [6, 6.07) is 0. The van der Waals surface area contributed by atoms with Gasteiger partial charge in [-0.25, -0.2) is 9.37 Å². The second-order valence-corrected chi connectivity index (χ2v) is 8.80. The molecule has 0 spiro atoms. The molecule has 11 heteroatoms. The molecule has 138 valence electrons. The third-order valence-corrected chi connectivity index (χ3v) is 7.01. The first-order chi connectivity index (χ1) is 12.3. The van der Waals surface area contributed by atoms with Gasteiger partial charge in [-0.2, -0.15) is 4.98 Å². The van der Waals surface area contributed by atoms with Gasteiger partial charge in [-0.15, -0.1) is 6.42 Å².